The average molecular weight is 428 g/mol. The molecule has 0 aromatic heterocycles. The topological polar surface area (TPSA) is 80.2 Å². The van der Waals surface area contributed by atoms with Crippen molar-refractivity contribution in [1.82, 2.24) is 15.5 Å². The molecule has 7 nitrogen and oxygen atoms in total. The summed E-state index contributed by atoms with van der Waals surface area (Å²) in [6, 6.07) is 13.4. The lowest BCUT2D eigenvalue weighted by Gasteiger charge is -2.37. The van der Waals surface area contributed by atoms with Gasteiger partial charge in [-0.1, -0.05) is 24.3 Å². The second-order valence-corrected chi connectivity index (χ2v) is 7.36. The molecule has 31 heavy (non-hydrogen) atoms. The van der Waals surface area contributed by atoms with Crippen LogP contribution < -0.4 is 15.5 Å². The van der Waals surface area contributed by atoms with Crippen LogP contribution >= 0.6 is 0 Å². The van der Waals surface area contributed by atoms with Crippen LogP contribution in [0, 0.1) is 5.82 Å². The summed E-state index contributed by atoms with van der Waals surface area (Å²) < 4.78 is 13.2. The number of para-hydroxylation sites is 2. The fourth-order valence-corrected chi connectivity index (χ4v) is 3.57. The van der Waals surface area contributed by atoms with Gasteiger partial charge in [0.25, 0.3) is 0 Å². The second-order valence-electron chi connectivity index (χ2n) is 7.36. The normalized spacial score (nSPS) is 14.5. The molecule has 1 fully saturated rings. The van der Waals surface area contributed by atoms with Crippen LogP contribution in [0.5, 0.6) is 5.75 Å². The van der Waals surface area contributed by atoms with Gasteiger partial charge in [-0.15, -0.1) is 0 Å². The summed E-state index contributed by atoms with van der Waals surface area (Å²) in [5.41, 5.74) is 1.50. The van der Waals surface area contributed by atoms with Crippen LogP contribution in [0.3, 0.4) is 0 Å². The molecule has 0 bridgehead atoms. The zero-order valence-corrected chi connectivity index (χ0v) is 17.9. The van der Waals surface area contributed by atoms with Crippen LogP contribution in [0.15, 0.2) is 53.5 Å². The van der Waals surface area contributed by atoms with Crippen molar-refractivity contribution in [2.24, 2.45) is 4.99 Å². The summed E-state index contributed by atoms with van der Waals surface area (Å²) in [4.78, 5) is 21.1. The number of carbonyl (C=O) groups is 1. The van der Waals surface area contributed by atoms with Crippen LogP contribution in [-0.2, 0) is 11.2 Å². The van der Waals surface area contributed by atoms with Gasteiger partial charge in [0.15, 0.2) is 5.96 Å². The van der Waals surface area contributed by atoms with Crippen LogP contribution in [0.25, 0.3) is 0 Å². The number of phenols is 1. The lowest BCUT2D eigenvalue weighted by molar-refractivity contribution is -0.120. The molecule has 2 aromatic rings. The van der Waals surface area contributed by atoms with Gasteiger partial charge in [-0.05, 0) is 36.8 Å². The monoisotopic (exact) mass is 427 g/mol. The fourth-order valence-electron chi connectivity index (χ4n) is 3.57. The van der Waals surface area contributed by atoms with Crippen molar-refractivity contribution >= 4 is 17.6 Å². The Bertz CT molecular complexity index is 897. The summed E-state index contributed by atoms with van der Waals surface area (Å²) in [7, 11) is 0. The molecule has 1 heterocycles. The van der Waals surface area contributed by atoms with Gasteiger partial charge in [0.05, 0.1) is 18.7 Å². The maximum absolute atomic E-state index is 13.2. The van der Waals surface area contributed by atoms with E-state index in [1.807, 2.05) is 25.1 Å². The van der Waals surface area contributed by atoms with Crippen LogP contribution in [-0.4, -0.2) is 67.7 Å². The van der Waals surface area contributed by atoms with E-state index in [-0.39, 0.29) is 18.1 Å². The highest BCUT2D eigenvalue weighted by Crippen LogP contribution is 2.27. The maximum Gasteiger partial charge on any atom is 0.224 e. The third-order valence-electron chi connectivity index (χ3n) is 5.09. The molecule has 1 saturated heterocycles. The lowest BCUT2D eigenvalue weighted by atomic mass is 10.1. The number of piperazine rings is 1. The number of anilines is 1. The molecule has 0 radical (unpaired) electrons. The molecule has 166 valence electrons. The molecule has 1 aliphatic heterocycles. The summed E-state index contributed by atoms with van der Waals surface area (Å²) in [5.74, 6) is 0.624. The van der Waals surface area contributed by atoms with Gasteiger partial charge in [0, 0.05) is 39.3 Å². The number of nitrogens with zero attached hydrogens (tertiary/aromatic N) is 3. The predicted octanol–water partition coefficient (Wildman–Crippen LogP) is 1.98. The summed E-state index contributed by atoms with van der Waals surface area (Å²) in [6.45, 7) is 6.79. The zero-order chi connectivity index (χ0) is 22.1. The van der Waals surface area contributed by atoms with E-state index < -0.39 is 0 Å². The number of carbonyl (C=O) groups excluding carboxylic acids is 1. The molecule has 0 atom stereocenters. The van der Waals surface area contributed by atoms with Crippen molar-refractivity contribution in [1.29, 1.82) is 0 Å². The first kappa shape index (κ1) is 22.4. The molecule has 2 aromatic carbocycles. The van der Waals surface area contributed by atoms with Crippen molar-refractivity contribution < 1.29 is 14.3 Å². The first-order valence-corrected chi connectivity index (χ1v) is 10.6. The fraction of sp³-hybridized carbons (Fsp3) is 0.391. The van der Waals surface area contributed by atoms with E-state index in [0.29, 0.717) is 24.4 Å². The number of nitrogens with one attached hydrogen (secondary N) is 2. The average Bonchev–Trinajstić information content (AvgIpc) is 2.76. The summed E-state index contributed by atoms with van der Waals surface area (Å²) in [5, 5.41) is 16.2. The van der Waals surface area contributed by atoms with Gasteiger partial charge in [-0.2, -0.15) is 0 Å². The Kier molecular flexibility index (Phi) is 8.09. The Morgan fingerprint density at radius 2 is 1.87 bits per heavy atom. The first-order valence-electron chi connectivity index (χ1n) is 10.6. The van der Waals surface area contributed by atoms with Crippen molar-refractivity contribution in [3.05, 3.63) is 59.9 Å². The lowest BCUT2D eigenvalue weighted by Crippen LogP contribution is -2.52. The van der Waals surface area contributed by atoms with Crippen molar-refractivity contribution in [2.75, 3.05) is 50.7 Å². The van der Waals surface area contributed by atoms with Gasteiger partial charge >= 0.3 is 0 Å². The highest BCUT2D eigenvalue weighted by molar-refractivity contribution is 5.81. The summed E-state index contributed by atoms with van der Waals surface area (Å²) in [6.07, 6.45) is 0.149. The van der Waals surface area contributed by atoms with Crippen LogP contribution in [0.4, 0.5) is 10.1 Å². The number of halogens is 1. The van der Waals surface area contributed by atoms with E-state index >= 15 is 0 Å². The molecule has 1 amide bonds. The Morgan fingerprint density at radius 1 is 1.10 bits per heavy atom. The van der Waals surface area contributed by atoms with E-state index in [0.717, 1.165) is 44.4 Å². The molecule has 0 saturated carbocycles. The number of hydrogen-bond acceptors (Lipinski definition) is 4. The zero-order valence-electron chi connectivity index (χ0n) is 17.9. The minimum absolute atomic E-state index is 0.149. The highest BCUT2D eigenvalue weighted by atomic mass is 19.1. The Balaban J connectivity index is 1.47. The first-order chi connectivity index (χ1) is 15.1. The van der Waals surface area contributed by atoms with E-state index in [9.17, 15) is 14.3 Å². The smallest absolute Gasteiger partial charge is 0.224 e. The van der Waals surface area contributed by atoms with E-state index in [1.165, 1.54) is 12.1 Å². The van der Waals surface area contributed by atoms with Crippen LogP contribution in [0.2, 0.25) is 0 Å². The number of guanidine groups is 1. The number of phenolic OH excluding ortho intramolecular Hbond substituents is 1. The predicted molar refractivity (Wildman–Crippen MR) is 121 cm³/mol. The van der Waals surface area contributed by atoms with E-state index in [4.69, 9.17) is 0 Å². The number of amides is 1. The molecule has 3 N–H and O–H groups in total. The minimum atomic E-state index is -0.340. The van der Waals surface area contributed by atoms with Gasteiger partial charge in [-0.25, -0.2) is 4.39 Å². The third kappa shape index (κ3) is 6.60. The molecule has 0 aliphatic carbocycles. The number of hydrogen-bond donors (Lipinski definition) is 3. The quantitative estimate of drug-likeness (QED) is 0.358. The number of benzene rings is 2. The van der Waals surface area contributed by atoms with Gasteiger partial charge in [-0.3, -0.25) is 9.79 Å². The highest BCUT2D eigenvalue weighted by Gasteiger charge is 2.21. The summed E-state index contributed by atoms with van der Waals surface area (Å²) >= 11 is 0. The van der Waals surface area contributed by atoms with Crippen molar-refractivity contribution in [3.8, 4) is 5.75 Å². The molecule has 3 rings (SSSR count). The molecule has 1 aliphatic rings. The molecular weight excluding hydrogens is 397 g/mol. The van der Waals surface area contributed by atoms with Crippen molar-refractivity contribution in [2.45, 2.75) is 13.3 Å². The second kappa shape index (κ2) is 11.2. The minimum Gasteiger partial charge on any atom is -0.506 e. The number of rotatable bonds is 7. The molecule has 0 unspecified atom stereocenters. The number of aromatic hydroxyl groups is 1. The van der Waals surface area contributed by atoms with Gasteiger partial charge in [0.2, 0.25) is 5.91 Å². The SMILES string of the molecule is CCNC(=NCCNC(=O)Cc1cccc(F)c1)N1CCN(c2ccccc2O)CC1. The Hall–Kier alpha value is -3.29. The van der Waals surface area contributed by atoms with Gasteiger partial charge < -0.3 is 25.5 Å². The molecule has 8 heteroatoms. The Labute approximate surface area is 182 Å². The number of aliphatic imine (C=N–C) groups is 1. The third-order valence-corrected chi connectivity index (χ3v) is 5.09. The van der Waals surface area contributed by atoms with Crippen molar-refractivity contribution in [3.63, 3.8) is 0 Å². The van der Waals surface area contributed by atoms with Crippen LogP contribution in [0.1, 0.15) is 12.5 Å². The molecular formula is C23H30FN5O2. The van der Waals surface area contributed by atoms with E-state index in [2.05, 4.69) is 25.4 Å². The van der Waals surface area contributed by atoms with E-state index in [1.54, 1.807) is 18.2 Å². The largest absolute Gasteiger partial charge is 0.506 e. The maximum atomic E-state index is 13.2. The van der Waals surface area contributed by atoms with Gasteiger partial charge in [0.1, 0.15) is 11.6 Å². The molecule has 0 spiro atoms. The standard InChI is InChI=1S/C23H30FN5O2/c1-2-25-23(27-11-10-26-22(31)17-18-6-5-7-19(24)16-18)29-14-12-28(13-15-29)20-8-3-4-9-21(20)30/h3-9,16,30H,2,10-15,17H2,1H3,(H,25,27)(H,26,31). The Morgan fingerprint density at radius 3 is 2.58 bits per heavy atom.